The Kier molecular flexibility index (Phi) is 4.60. The number of aromatic nitrogens is 5. The number of aromatic amines is 1. The van der Waals surface area contributed by atoms with Crippen molar-refractivity contribution in [3.8, 4) is 11.4 Å². The number of pyridine rings is 1. The molecule has 1 N–H and O–H groups in total. The van der Waals surface area contributed by atoms with Crippen molar-refractivity contribution in [3.63, 3.8) is 0 Å². The SMILES string of the molecule is Cc1cccn2c(=O)cc(CSc3n[nH]c(-c4ccccc4Br)n3)nc12. The van der Waals surface area contributed by atoms with Crippen molar-refractivity contribution in [2.24, 2.45) is 0 Å². The molecule has 0 bridgehead atoms. The Hall–Kier alpha value is -2.45. The normalized spacial score (nSPS) is 11.2. The van der Waals surface area contributed by atoms with Gasteiger partial charge in [0.1, 0.15) is 5.65 Å². The van der Waals surface area contributed by atoms with Crippen LogP contribution in [0.25, 0.3) is 17.0 Å². The molecule has 1 aromatic carbocycles. The molecule has 0 aliphatic carbocycles. The molecule has 8 heteroatoms. The second-order valence-corrected chi connectivity index (χ2v) is 7.50. The van der Waals surface area contributed by atoms with Crippen LogP contribution in [-0.4, -0.2) is 24.6 Å². The van der Waals surface area contributed by atoms with E-state index in [2.05, 4.69) is 36.1 Å². The molecular formula is C18H14BrN5OS. The second-order valence-electron chi connectivity index (χ2n) is 5.71. The molecule has 3 heterocycles. The minimum absolute atomic E-state index is 0.0850. The standard InChI is InChI=1S/C18H14BrN5OS/c1-11-5-4-8-24-15(25)9-12(20-17(11)24)10-26-18-21-16(22-23-18)13-6-2-3-7-14(13)19/h2-9H,10H2,1H3,(H,21,22,23). The summed E-state index contributed by atoms with van der Waals surface area (Å²) in [6.45, 7) is 1.94. The number of aryl methyl sites for hydroxylation is 1. The molecule has 0 radical (unpaired) electrons. The lowest BCUT2D eigenvalue weighted by Crippen LogP contribution is -2.15. The number of hydrogen-bond donors (Lipinski definition) is 1. The summed E-state index contributed by atoms with van der Waals surface area (Å²) in [5.41, 5.74) is 3.22. The number of nitrogens with one attached hydrogen (secondary N) is 1. The van der Waals surface area contributed by atoms with Crippen LogP contribution in [0.2, 0.25) is 0 Å². The first kappa shape index (κ1) is 17.0. The Morgan fingerprint density at radius 3 is 2.88 bits per heavy atom. The summed E-state index contributed by atoms with van der Waals surface area (Å²) in [4.78, 5) is 21.4. The van der Waals surface area contributed by atoms with Crippen molar-refractivity contribution in [3.05, 3.63) is 74.7 Å². The van der Waals surface area contributed by atoms with E-state index in [9.17, 15) is 4.79 Å². The van der Waals surface area contributed by atoms with Crippen molar-refractivity contribution >= 4 is 33.3 Å². The van der Waals surface area contributed by atoms with Gasteiger partial charge in [-0.2, -0.15) is 0 Å². The number of H-pyrrole nitrogens is 1. The molecule has 4 rings (SSSR count). The zero-order valence-corrected chi connectivity index (χ0v) is 16.2. The van der Waals surface area contributed by atoms with Crippen LogP contribution >= 0.6 is 27.7 Å². The monoisotopic (exact) mass is 427 g/mol. The summed E-state index contributed by atoms with van der Waals surface area (Å²) in [6, 6.07) is 13.2. The highest BCUT2D eigenvalue weighted by atomic mass is 79.9. The predicted octanol–water partition coefficient (Wildman–Crippen LogP) is 3.84. The van der Waals surface area contributed by atoms with Gasteiger partial charge in [-0.05, 0) is 24.6 Å². The van der Waals surface area contributed by atoms with Gasteiger partial charge in [-0.3, -0.25) is 14.3 Å². The van der Waals surface area contributed by atoms with E-state index < -0.39 is 0 Å². The van der Waals surface area contributed by atoms with Gasteiger partial charge < -0.3 is 0 Å². The third kappa shape index (κ3) is 3.30. The first-order valence-corrected chi connectivity index (χ1v) is 9.68. The molecule has 130 valence electrons. The molecule has 0 unspecified atom stereocenters. The third-order valence-electron chi connectivity index (χ3n) is 3.88. The molecule has 0 aliphatic heterocycles. The number of nitrogens with zero attached hydrogens (tertiary/aromatic N) is 4. The lowest BCUT2D eigenvalue weighted by Gasteiger charge is -2.05. The van der Waals surface area contributed by atoms with E-state index in [1.807, 2.05) is 43.3 Å². The van der Waals surface area contributed by atoms with Crippen molar-refractivity contribution < 1.29 is 0 Å². The first-order chi connectivity index (χ1) is 12.6. The Labute approximate surface area is 161 Å². The first-order valence-electron chi connectivity index (χ1n) is 7.90. The number of halogens is 1. The van der Waals surface area contributed by atoms with Crippen LogP contribution in [0, 0.1) is 6.92 Å². The molecular weight excluding hydrogens is 414 g/mol. The van der Waals surface area contributed by atoms with Gasteiger partial charge in [-0.1, -0.05) is 52.0 Å². The van der Waals surface area contributed by atoms with Crippen LogP contribution in [0.15, 0.2) is 63.1 Å². The summed E-state index contributed by atoms with van der Waals surface area (Å²) in [7, 11) is 0. The van der Waals surface area contributed by atoms with Gasteiger partial charge in [0, 0.05) is 28.1 Å². The quantitative estimate of drug-likeness (QED) is 0.500. The minimum atomic E-state index is -0.0850. The van der Waals surface area contributed by atoms with Crippen LogP contribution in [0.1, 0.15) is 11.3 Å². The fraction of sp³-hybridized carbons (Fsp3) is 0.111. The van der Waals surface area contributed by atoms with Gasteiger partial charge in [0.25, 0.3) is 5.56 Å². The zero-order chi connectivity index (χ0) is 18.1. The van der Waals surface area contributed by atoms with Crippen LogP contribution < -0.4 is 5.56 Å². The average Bonchev–Trinajstić information content (AvgIpc) is 3.10. The summed E-state index contributed by atoms with van der Waals surface area (Å²) in [5, 5.41) is 7.81. The van der Waals surface area contributed by atoms with Gasteiger partial charge in [0.05, 0.1) is 5.69 Å². The van der Waals surface area contributed by atoms with E-state index in [-0.39, 0.29) is 5.56 Å². The number of hydrogen-bond acceptors (Lipinski definition) is 5. The molecule has 0 amide bonds. The zero-order valence-electron chi connectivity index (χ0n) is 13.8. The van der Waals surface area contributed by atoms with Crippen molar-refractivity contribution in [2.45, 2.75) is 17.8 Å². The number of benzene rings is 1. The average molecular weight is 428 g/mol. The molecule has 26 heavy (non-hydrogen) atoms. The lowest BCUT2D eigenvalue weighted by molar-refractivity contribution is 0.967. The Morgan fingerprint density at radius 2 is 2.04 bits per heavy atom. The van der Waals surface area contributed by atoms with Gasteiger partial charge in [0.2, 0.25) is 5.16 Å². The van der Waals surface area contributed by atoms with E-state index in [1.165, 1.54) is 11.8 Å². The molecule has 4 aromatic rings. The molecule has 6 nitrogen and oxygen atoms in total. The lowest BCUT2D eigenvalue weighted by atomic mass is 10.2. The molecule has 0 atom stereocenters. The van der Waals surface area contributed by atoms with Gasteiger partial charge in [0.15, 0.2) is 5.82 Å². The number of rotatable bonds is 4. The van der Waals surface area contributed by atoms with E-state index >= 15 is 0 Å². The highest BCUT2D eigenvalue weighted by Crippen LogP contribution is 2.27. The molecule has 0 spiro atoms. The smallest absolute Gasteiger partial charge is 0.258 e. The van der Waals surface area contributed by atoms with Crippen LogP contribution in [0.5, 0.6) is 0 Å². The topological polar surface area (TPSA) is 75.9 Å². The fourth-order valence-electron chi connectivity index (χ4n) is 2.61. The van der Waals surface area contributed by atoms with E-state index in [0.29, 0.717) is 28.1 Å². The molecule has 0 saturated heterocycles. The highest BCUT2D eigenvalue weighted by molar-refractivity contribution is 9.10. The molecule has 0 fully saturated rings. The highest BCUT2D eigenvalue weighted by Gasteiger charge is 2.10. The largest absolute Gasteiger partial charge is 0.269 e. The Bertz CT molecular complexity index is 1150. The van der Waals surface area contributed by atoms with Gasteiger partial charge in [-0.15, -0.1) is 5.10 Å². The van der Waals surface area contributed by atoms with Crippen molar-refractivity contribution in [1.29, 1.82) is 0 Å². The van der Waals surface area contributed by atoms with E-state index in [1.54, 1.807) is 16.7 Å². The Morgan fingerprint density at radius 1 is 1.19 bits per heavy atom. The number of thioether (sulfide) groups is 1. The maximum absolute atomic E-state index is 12.3. The maximum atomic E-state index is 12.3. The summed E-state index contributed by atoms with van der Waals surface area (Å²) < 4.78 is 2.51. The summed E-state index contributed by atoms with van der Waals surface area (Å²) in [6.07, 6.45) is 1.73. The van der Waals surface area contributed by atoms with Crippen molar-refractivity contribution in [2.75, 3.05) is 0 Å². The fourth-order valence-corrected chi connectivity index (χ4v) is 3.77. The summed E-state index contributed by atoms with van der Waals surface area (Å²) in [5.74, 6) is 1.22. The van der Waals surface area contributed by atoms with Crippen LogP contribution in [0.4, 0.5) is 0 Å². The van der Waals surface area contributed by atoms with Crippen LogP contribution in [0.3, 0.4) is 0 Å². The van der Waals surface area contributed by atoms with E-state index in [0.717, 1.165) is 15.6 Å². The minimum Gasteiger partial charge on any atom is -0.269 e. The Balaban J connectivity index is 1.57. The predicted molar refractivity (Wildman–Crippen MR) is 105 cm³/mol. The van der Waals surface area contributed by atoms with Gasteiger partial charge in [-0.25, -0.2) is 9.97 Å². The molecule has 0 aliphatic rings. The summed E-state index contributed by atoms with van der Waals surface area (Å²) >= 11 is 4.95. The maximum Gasteiger partial charge on any atom is 0.258 e. The molecule has 3 aromatic heterocycles. The van der Waals surface area contributed by atoms with Gasteiger partial charge >= 0.3 is 0 Å². The van der Waals surface area contributed by atoms with E-state index in [4.69, 9.17) is 0 Å². The van der Waals surface area contributed by atoms with Crippen LogP contribution in [-0.2, 0) is 5.75 Å². The number of fused-ring (bicyclic) bond motifs is 1. The molecule has 0 saturated carbocycles. The second kappa shape index (κ2) is 7.05. The van der Waals surface area contributed by atoms with Crippen molar-refractivity contribution in [1.82, 2.24) is 24.6 Å². The third-order valence-corrected chi connectivity index (χ3v) is 5.45.